The summed E-state index contributed by atoms with van der Waals surface area (Å²) >= 11 is 0. The first-order valence-corrected chi connectivity index (χ1v) is 9.11. The van der Waals surface area contributed by atoms with Gasteiger partial charge in [0.1, 0.15) is 5.75 Å². The molecule has 1 aliphatic heterocycles. The lowest BCUT2D eigenvalue weighted by Crippen LogP contribution is -2.52. The molecule has 1 fully saturated rings. The number of piperazine rings is 1. The minimum Gasteiger partial charge on any atom is -0.497 e. The molecule has 1 aliphatic rings. The SMILES string of the molecule is COc1ccc(CCNCC(=O)N2CCN(C(=O)c3ccco3)CC2)cc1. The van der Waals surface area contributed by atoms with Crippen molar-refractivity contribution < 1.29 is 18.7 Å². The van der Waals surface area contributed by atoms with Crippen molar-refractivity contribution in [2.24, 2.45) is 0 Å². The van der Waals surface area contributed by atoms with Gasteiger partial charge in [-0.25, -0.2) is 0 Å². The van der Waals surface area contributed by atoms with Crippen molar-refractivity contribution in [1.82, 2.24) is 15.1 Å². The summed E-state index contributed by atoms with van der Waals surface area (Å²) in [5, 5.41) is 3.20. The predicted octanol–water partition coefficient (Wildman–Crippen LogP) is 1.40. The van der Waals surface area contributed by atoms with Crippen LogP contribution in [0.1, 0.15) is 16.1 Å². The quantitative estimate of drug-likeness (QED) is 0.745. The van der Waals surface area contributed by atoms with E-state index in [1.807, 2.05) is 24.3 Å². The monoisotopic (exact) mass is 371 g/mol. The van der Waals surface area contributed by atoms with E-state index in [-0.39, 0.29) is 11.8 Å². The molecule has 7 nitrogen and oxygen atoms in total. The van der Waals surface area contributed by atoms with Crippen molar-refractivity contribution >= 4 is 11.8 Å². The van der Waals surface area contributed by atoms with Crippen LogP contribution in [0.2, 0.25) is 0 Å². The number of carbonyl (C=O) groups is 2. The highest BCUT2D eigenvalue weighted by molar-refractivity contribution is 5.91. The van der Waals surface area contributed by atoms with Gasteiger partial charge in [0.2, 0.25) is 5.91 Å². The van der Waals surface area contributed by atoms with Gasteiger partial charge in [0.15, 0.2) is 5.76 Å². The Labute approximate surface area is 158 Å². The highest BCUT2D eigenvalue weighted by atomic mass is 16.5. The number of rotatable bonds is 7. The second kappa shape index (κ2) is 9.23. The van der Waals surface area contributed by atoms with Crippen LogP contribution in [0.25, 0.3) is 0 Å². The number of hydrogen-bond donors (Lipinski definition) is 1. The standard InChI is InChI=1S/C20H25N3O4/c1-26-17-6-4-16(5-7-17)8-9-21-15-19(24)22-10-12-23(13-11-22)20(25)18-3-2-14-27-18/h2-7,14,21H,8-13,15H2,1H3. The fraction of sp³-hybridized carbons (Fsp3) is 0.400. The smallest absolute Gasteiger partial charge is 0.289 e. The first kappa shape index (κ1) is 19.0. The van der Waals surface area contributed by atoms with Gasteiger partial charge in [0.25, 0.3) is 5.91 Å². The van der Waals surface area contributed by atoms with Gasteiger partial charge in [-0.1, -0.05) is 12.1 Å². The molecule has 1 N–H and O–H groups in total. The summed E-state index contributed by atoms with van der Waals surface area (Å²) in [4.78, 5) is 28.1. The summed E-state index contributed by atoms with van der Waals surface area (Å²) in [6.45, 7) is 3.18. The molecule has 2 aromatic rings. The normalized spacial score (nSPS) is 14.3. The first-order valence-electron chi connectivity index (χ1n) is 9.11. The van der Waals surface area contributed by atoms with Crippen LogP contribution in [-0.2, 0) is 11.2 Å². The molecule has 144 valence electrons. The third-order valence-corrected chi connectivity index (χ3v) is 4.68. The lowest BCUT2D eigenvalue weighted by Gasteiger charge is -2.34. The molecule has 0 radical (unpaired) electrons. The summed E-state index contributed by atoms with van der Waals surface area (Å²) in [6.07, 6.45) is 2.34. The van der Waals surface area contributed by atoms with Gasteiger partial charge in [-0.2, -0.15) is 0 Å². The van der Waals surface area contributed by atoms with E-state index in [0.29, 0.717) is 38.5 Å². The molecule has 7 heteroatoms. The Hall–Kier alpha value is -2.80. The van der Waals surface area contributed by atoms with Crippen LogP contribution in [0.15, 0.2) is 47.1 Å². The molecule has 0 aliphatic carbocycles. The van der Waals surface area contributed by atoms with Crippen LogP contribution in [0.4, 0.5) is 0 Å². The Kier molecular flexibility index (Phi) is 6.49. The van der Waals surface area contributed by atoms with Crippen molar-refractivity contribution in [1.29, 1.82) is 0 Å². The van der Waals surface area contributed by atoms with Crippen LogP contribution in [0.3, 0.4) is 0 Å². The van der Waals surface area contributed by atoms with Crippen molar-refractivity contribution in [2.45, 2.75) is 6.42 Å². The molecule has 1 aromatic carbocycles. The van der Waals surface area contributed by atoms with Crippen LogP contribution >= 0.6 is 0 Å². The number of amides is 2. The van der Waals surface area contributed by atoms with Crippen LogP contribution in [0, 0.1) is 0 Å². The van der Waals surface area contributed by atoms with Crippen molar-refractivity contribution in [3.05, 3.63) is 54.0 Å². The molecule has 0 atom stereocenters. The van der Waals surface area contributed by atoms with Crippen LogP contribution in [-0.4, -0.2) is 68.0 Å². The molecule has 27 heavy (non-hydrogen) atoms. The Bertz CT molecular complexity index is 735. The van der Waals surface area contributed by atoms with E-state index in [2.05, 4.69) is 5.32 Å². The fourth-order valence-electron chi connectivity index (χ4n) is 3.05. The maximum atomic E-state index is 12.3. The summed E-state index contributed by atoms with van der Waals surface area (Å²) in [7, 11) is 1.65. The highest BCUT2D eigenvalue weighted by Crippen LogP contribution is 2.11. The summed E-state index contributed by atoms with van der Waals surface area (Å²) in [5.41, 5.74) is 1.20. The minimum atomic E-state index is -0.121. The Morgan fingerprint density at radius 3 is 2.41 bits per heavy atom. The van der Waals surface area contributed by atoms with E-state index in [1.165, 1.54) is 11.8 Å². The number of nitrogens with one attached hydrogen (secondary N) is 1. The third-order valence-electron chi connectivity index (χ3n) is 4.68. The van der Waals surface area contributed by atoms with Gasteiger partial charge in [0.05, 0.1) is 19.9 Å². The number of methoxy groups -OCH3 is 1. The zero-order valence-corrected chi connectivity index (χ0v) is 15.5. The number of benzene rings is 1. The molecule has 2 amide bonds. The van der Waals surface area contributed by atoms with Gasteiger partial charge < -0.3 is 24.3 Å². The van der Waals surface area contributed by atoms with Crippen LogP contribution < -0.4 is 10.1 Å². The lowest BCUT2D eigenvalue weighted by molar-refractivity contribution is -0.131. The van der Waals surface area contributed by atoms with E-state index in [0.717, 1.165) is 18.7 Å². The Morgan fingerprint density at radius 1 is 1.07 bits per heavy atom. The Morgan fingerprint density at radius 2 is 1.78 bits per heavy atom. The van der Waals surface area contributed by atoms with E-state index >= 15 is 0 Å². The third kappa shape index (κ3) is 5.10. The zero-order valence-electron chi connectivity index (χ0n) is 15.5. The van der Waals surface area contributed by atoms with Gasteiger partial charge in [-0.3, -0.25) is 9.59 Å². The van der Waals surface area contributed by atoms with E-state index in [9.17, 15) is 9.59 Å². The average molecular weight is 371 g/mol. The number of furan rings is 1. The predicted molar refractivity (Wildman–Crippen MR) is 101 cm³/mol. The number of nitrogens with zero attached hydrogens (tertiary/aromatic N) is 2. The maximum absolute atomic E-state index is 12.3. The van der Waals surface area contributed by atoms with E-state index < -0.39 is 0 Å². The molecule has 0 bridgehead atoms. The summed E-state index contributed by atoms with van der Waals surface area (Å²) in [5.74, 6) is 1.13. The molecule has 0 saturated carbocycles. The second-order valence-corrected chi connectivity index (χ2v) is 6.43. The lowest BCUT2D eigenvalue weighted by atomic mass is 10.1. The molecular formula is C20H25N3O4. The minimum absolute atomic E-state index is 0.0647. The Balaban J connectivity index is 1.35. The van der Waals surface area contributed by atoms with E-state index in [1.54, 1.807) is 29.0 Å². The first-order chi connectivity index (χ1) is 13.2. The molecule has 0 unspecified atom stereocenters. The second-order valence-electron chi connectivity index (χ2n) is 6.43. The van der Waals surface area contributed by atoms with Gasteiger partial charge in [-0.15, -0.1) is 0 Å². The van der Waals surface area contributed by atoms with Gasteiger partial charge >= 0.3 is 0 Å². The molecule has 3 rings (SSSR count). The number of carbonyl (C=O) groups excluding carboxylic acids is 2. The molecule has 1 aromatic heterocycles. The fourth-order valence-corrected chi connectivity index (χ4v) is 3.05. The average Bonchev–Trinajstić information content (AvgIpc) is 3.26. The van der Waals surface area contributed by atoms with Gasteiger partial charge in [-0.05, 0) is 42.8 Å². The zero-order chi connectivity index (χ0) is 19.1. The molecule has 1 saturated heterocycles. The number of ether oxygens (including phenoxy) is 1. The summed E-state index contributed by atoms with van der Waals surface area (Å²) < 4.78 is 10.3. The van der Waals surface area contributed by atoms with Crippen molar-refractivity contribution in [2.75, 3.05) is 46.4 Å². The molecule has 0 spiro atoms. The van der Waals surface area contributed by atoms with E-state index in [4.69, 9.17) is 9.15 Å². The molecule has 2 heterocycles. The summed E-state index contributed by atoms with van der Waals surface area (Å²) in [6, 6.07) is 11.3. The molecular weight excluding hydrogens is 346 g/mol. The van der Waals surface area contributed by atoms with Crippen LogP contribution in [0.5, 0.6) is 5.75 Å². The number of hydrogen-bond acceptors (Lipinski definition) is 5. The van der Waals surface area contributed by atoms with Gasteiger partial charge in [0, 0.05) is 26.2 Å². The maximum Gasteiger partial charge on any atom is 0.289 e. The van der Waals surface area contributed by atoms with Crippen molar-refractivity contribution in [3.63, 3.8) is 0 Å². The highest BCUT2D eigenvalue weighted by Gasteiger charge is 2.25. The van der Waals surface area contributed by atoms with Crippen molar-refractivity contribution in [3.8, 4) is 5.75 Å². The topological polar surface area (TPSA) is 75.0 Å². The largest absolute Gasteiger partial charge is 0.497 e.